The number of nitrogens with zero attached hydrogens (tertiary/aromatic N) is 1. The van der Waals surface area contributed by atoms with Gasteiger partial charge in [-0.2, -0.15) is 0 Å². The third-order valence-electron chi connectivity index (χ3n) is 5.64. The maximum absolute atomic E-state index is 12.5. The molecule has 1 fully saturated rings. The highest BCUT2D eigenvalue weighted by molar-refractivity contribution is 5.96. The Hall–Kier alpha value is -2.92. The predicted octanol–water partition coefficient (Wildman–Crippen LogP) is 3.95. The van der Waals surface area contributed by atoms with Crippen LogP contribution in [0.15, 0.2) is 63.8 Å². The molecule has 2 heterocycles. The van der Waals surface area contributed by atoms with Crippen LogP contribution in [-0.2, 0) is 13.1 Å². The summed E-state index contributed by atoms with van der Waals surface area (Å²) in [5.74, 6) is 0.415. The summed E-state index contributed by atoms with van der Waals surface area (Å²) in [5.41, 5.74) is 2.17. The highest BCUT2D eigenvalue weighted by Gasteiger charge is 2.16. The van der Waals surface area contributed by atoms with Crippen molar-refractivity contribution in [2.75, 3.05) is 13.1 Å². The van der Waals surface area contributed by atoms with Crippen molar-refractivity contribution >= 4 is 16.9 Å². The van der Waals surface area contributed by atoms with Gasteiger partial charge in [-0.25, -0.2) is 4.79 Å². The molecule has 0 spiro atoms. The van der Waals surface area contributed by atoms with Gasteiger partial charge in [-0.1, -0.05) is 49.4 Å². The first-order chi connectivity index (χ1) is 14.1. The molecule has 1 amide bonds. The predicted molar refractivity (Wildman–Crippen MR) is 114 cm³/mol. The Kier molecular flexibility index (Phi) is 5.76. The third-order valence-corrected chi connectivity index (χ3v) is 5.64. The van der Waals surface area contributed by atoms with E-state index in [0.29, 0.717) is 12.1 Å². The van der Waals surface area contributed by atoms with Crippen LogP contribution in [0.25, 0.3) is 11.0 Å². The first kappa shape index (κ1) is 19.4. The summed E-state index contributed by atoms with van der Waals surface area (Å²) in [7, 11) is 0. The molecule has 1 aliphatic rings. The van der Waals surface area contributed by atoms with E-state index in [4.69, 9.17) is 4.42 Å². The van der Waals surface area contributed by atoms with Gasteiger partial charge < -0.3 is 9.73 Å². The van der Waals surface area contributed by atoms with E-state index in [9.17, 15) is 9.59 Å². The van der Waals surface area contributed by atoms with Gasteiger partial charge in [0.25, 0.3) is 5.91 Å². The smallest absolute Gasteiger partial charge is 0.349 e. The van der Waals surface area contributed by atoms with E-state index < -0.39 is 11.5 Å². The number of para-hydroxylation sites is 1. The van der Waals surface area contributed by atoms with Crippen LogP contribution in [0.5, 0.6) is 0 Å². The molecule has 4 rings (SSSR count). The van der Waals surface area contributed by atoms with Crippen LogP contribution in [0.3, 0.4) is 0 Å². The number of rotatable bonds is 5. The normalized spacial score (nSPS) is 15.5. The van der Waals surface area contributed by atoms with E-state index in [-0.39, 0.29) is 5.56 Å². The van der Waals surface area contributed by atoms with Crippen LogP contribution < -0.4 is 10.9 Å². The maximum Gasteiger partial charge on any atom is 0.349 e. The zero-order valence-corrected chi connectivity index (χ0v) is 16.7. The molecule has 2 aromatic carbocycles. The zero-order valence-electron chi connectivity index (χ0n) is 16.7. The van der Waals surface area contributed by atoms with Crippen LogP contribution in [0.4, 0.5) is 0 Å². The van der Waals surface area contributed by atoms with Crippen LogP contribution in [0.2, 0.25) is 0 Å². The average molecular weight is 390 g/mol. The number of benzene rings is 2. The highest BCUT2D eigenvalue weighted by Crippen LogP contribution is 2.18. The topological polar surface area (TPSA) is 62.6 Å². The van der Waals surface area contributed by atoms with Gasteiger partial charge in [0.1, 0.15) is 11.1 Å². The second kappa shape index (κ2) is 8.62. The minimum Gasteiger partial charge on any atom is -0.422 e. The number of fused-ring (bicyclic) bond motifs is 1. The zero-order chi connectivity index (χ0) is 20.2. The number of carbonyl (C=O) groups excluding carboxylic acids is 1. The van der Waals surface area contributed by atoms with E-state index in [1.54, 1.807) is 18.2 Å². The second-order valence-electron chi connectivity index (χ2n) is 7.94. The summed E-state index contributed by atoms with van der Waals surface area (Å²) in [5, 5.41) is 3.55. The molecule has 0 unspecified atom stereocenters. The van der Waals surface area contributed by atoms with Gasteiger partial charge in [0, 0.05) is 18.5 Å². The third kappa shape index (κ3) is 4.74. The lowest BCUT2D eigenvalue weighted by Crippen LogP contribution is -2.32. The fraction of sp³-hybridized carbons (Fsp3) is 0.333. The minimum absolute atomic E-state index is 0.0275. The molecule has 0 aliphatic carbocycles. The lowest BCUT2D eigenvalue weighted by Gasteiger charge is -2.30. The van der Waals surface area contributed by atoms with Crippen LogP contribution in [0.1, 0.15) is 41.3 Å². The molecular weight excluding hydrogens is 364 g/mol. The summed E-state index contributed by atoms with van der Waals surface area (Å²) >= 11 is 0. The molecule has 0 atom stereocenters. The molecule has 1 N–H and O–H groups in total. The average Bonchev–Trinajstić information content (AvgIpc) is 2.74. The Labute approximate surface area is 170 Å². The van der Waals surface area contributed by atoms with E-state index in [2.05, 4.69) is 29.3 Å². The summed E-state index contributed by atoms with van der Waals surface area (Å²) in [6.45, 7) is 5.98. The molecule has 29 heavy (non-hydrogen) atoms. The van der Waals surface area contributed by atoms with E-state index in [0.717, 1.165) is 36.5 Å². The molecule has 0 radical (unpaired) electrons. The summed E-state index contributed by atoms with van der Waals surface area (Å²) < 4.78 is 5.24. The van der Waals surface area contributed by atoms with E-state index in [1.807, 2.05) is 24.3 Å². The van der Waals surface area contributed by atoms with Crippen molar-refractivity contribution in [2.24, 2.45) is 5.92 Å². The molecule has 0 saturated carbocycles. The number of amides is 1. The SMILES string of the molecule is CC1CCN(Cc2ccc(CNC(=O)c3cc4ccccc4oc3=O)cc2)CC1. The molecule has 5 nitrogen and oxygen atoms in total. The first-order valence-corrected chi connectivity index (χ1v) is 10.2. The van der Waals surface area contributed by atoms with Crippen molar-refractivity contribution < 1.29 is 9.21 Å². The van der Waals surface area contributed by atoms with Gasteiger partial charge in [-0.15, -0.1) is 0 Å². The summed E-state index contributed by atoms with van der Waals surface area (Å²) in [6, 6.07) is 17.0. The van der Waals surface area contributed by atoms with Crippen molar-refractivity contribution in [2.45, 2.75) is 32.9 Å². The van der Waals surface area contributed by atoms with Crippen molar-refractivity contribution in [3.05, 3.63) is 81.7 Å². The molecule has 3 aromatic rings. The largest absolute Gasteiger partial charge is 0.422 e. The number of hydrogen-bond acceptors (Lipinski definition) is 4. The van der Waals surface area contributed by atoms with Crippen LogP contribution in [-0.4, -0.2) is 23.9 Å². The van der Waals surface area contributed by atoms with Crippen molar-refractivity contribution in [1.82, 2.24) is 10.2 Å². The van der Waals surface area contributed by atoms with Gasteiger partial charge in [0.05, 0.1) is 0 Å². The fourth-order valence-electron chi connectivity index (χ4n) is 3.74. The standard InChI is InChI=1S/C24H26N2O3/c1-17-10-12-26(13-11-17)16-19-8-6-18(7-9-19)15-25-23(27)21-14-20-4-2-3-5-22(20)29-24(21)28/h2-9,14,17H,10-13,15-16H2,1H3,(H,25,27). The number of nitrogens with one attached hydrogen (secondary N) is 1. The molecule has 5 heteroatoms. The fourth-order valence-corrected chi connectivity index (χ4v) is 3.74. The van der Waals surface area contributed by atoms with E-state index in [1.165, 1.54) is 18.4 Å². The summed E-state index contributed by atoms with van der Waals surface area (Å²) in [4.78, 5) is 27.1. The maximum atomic E-state index is 12.5. The summed E-state index contributed by atoms with van der Waals surface area (Å²) in [6.07, 6.45) is 2.54. The van der Waals surface area contributed by atoms with Gasteiger partial charge in [-0.05, 0) is 55.1 Å². The van der Waals surface area contributed by atoms with Crippen LogP contribution >= 0.6 is 0 Å². The van der Waals surface area contributed by atoms with Gasteiger partial charge in [-0.3, -0.25) is 9.69 Å². The Morgan fingerprint density at radius 1 is 1.07 bits per heavy atom. The molecule has 1 aromatic heterocycles. The van der Waals surface area contributed by atoms with Gasteiger partial charge >= 0.3 is 5.63 Å². The molecular formula is C24H26N2O3. The minimum atomic E-state index is -0.618. The molecule has 1 saturated heterocycles. The Bertz CT molecular complexity index is 1050. The number of piperidine rings is 1. The van der Waals surface area contributed by atoms with Crippen molar-refractivity contribution in [3.8, 4) is 0 Å². The number of hydrogen-bond donors (Lipinski definition) is 1. The molecule has 0 bridgehead atoms. The van der Waals surface area contributed by atoms with Crippen molar-refractivity contribution in [1.29, 1.82) is 0 Å². The van der Waals surface area contributed by atoms with Crippen LogP contribution in [0, 0.1) is 5.92 Å². The van der Waals surface area contributed by atoms with Gasteiger partial charge in [0.2, 0.25) is 0 Å². The highest BCUT2D eigenvalue weighted by atomic mass is 16.4. The number of likely N-dealkylation sites (tertiary alicyclic amines) is 1. The Morgan fingerprint density at radius 2 is 1.76 bits per heavy atom. The lowest BCUT2D eigenvalue weighted by molar-refractivity contribution is 0.0947. The molecule has 150 valence electrons. The number of carbonyl (C=O) groups is 1. The molecule has 1 aliphatic heterocycles. The van der Waals surface area contributed by atoms with Gasteiger partial charge in [0.15, 0.2) is 0 Å². The first-order valence-electron chi connectivity index (χ1n) is 10.2. The van der Waals surface area contributed by atoms with E-state index >= 15 is 0 Å². The monoisotopic (exact) mass is 390 g/mol. The van der Waals surface area contributed by atoms with Crippen molar-refractivity contribution in [3.63, 3.8) is 0 Å². The quantitative estimate of drug-likeness (QED) is 0.670. The Balaban J connectivity index is 1.36. The Morgan fingerprint density at radius 3 is 2.52 bits per heavy atom. The second-order valence-corrected chi connectivity index (χ2v) is 7.94. The lowest BCUT2D eigenvalue weighted by atomic mass is 9.99.